The van der Waals surface area contributed by atoms with Crippen LogP contribution in [0.5, 0.6) is 0 Å². The van der Waals surface area contributed by atoms with Crippen LogP contribution in [0.15, 0.2) is 0 Å². The molecule has 1 spiro atoms. The van der Waals surface area contributed by atoms with Crippen molar-refractivity contribution in [2.24, 2.45) is 5.92 Å². The van der Waals surface area contributed by atoms with E-state index >= 15 is 0 Å². The number of carbonyl (C=O) groups excluding carboxylic acids is 1. The first kappa shape index (κ1) is 5.23. The molecule has 0 aromatic carbocycles. The second-order valence-electron chi connectivity index (χ2n) is 2.68. The Bertz CT molecular complexity index is 160. The van der Waals surface area contributed by atoms with Gasteiger partial charge in [0.25, 0.3) is 0 Å². The lowest BCUT2D eigenvalue weighted by atomic mass is 10.1. The highest BCUT2D eigenvalue weighted by Gasteiger charge is 2.58. The summed E-state index contributed by atoms with van der Waals surface area (Å²) in [6.45, 7) is 2.57. The number of esters is 1. The maximum atomic E-state index is 10.6. The third kappa shape index (κ3) is 0.580. The van der Waals surface area contributed by atoms with Gasteiger partial charge in [-0.05, 0) is 0 Å². The molecular formula is C6H8O3. The SMILES string of the molecule is C[C@H]1CC(=O)O[C@]12CO2. The molecule has 0 N–H and O–H groups in total. The molecule has 2 aliphatic rings. The van der Waals surface area contributed by atoms with Crippen LogP contribution in [0.1, 0.15) is 13.3 Å². The van der Waals surface area contributed by atoms with Crippen molar-refractivity contribution in [1.29, 1.82) is 0 Å². The average Bonchev–Trinajstić information content (AvgIpc) is 2.42. The maximum absolute atomic E-state index is 10.6. The molecule has 0 aromatic heterocycles. The van der Waals surface area contributed by atoms with Gasteiger partial charge in [0, 0.05) is 5.92 Å². The van der Waals surface area contributed by atoms with Crippen molar-refractivity contribution in [2.45, 2.75) is 19.1 Å². The van der Waals surface area contributed by atoms with Crippen LogP contribution in [0.25, 0.3) is 0 Å². The van der Waals surface area contributed by atoms with Crippen LogP contribution in [0.4, 0.5) is 0 Å². The fourth-order valence-corrected chi connectivity index (χ4v) is 1.16. The maximum Gasteiger partial charge on any atom is 0.308 e. The fourth-order valence-electron chi connectivity index (χ4n) is 1.16. The van der Waals surface area contributed by atoms with E-state index in [0.29, 0.717) is 13.0 Å². The van der Waals surface area contributed by atoms with Gasteiger partial charge < -0.3 is 9.47 Å². The van der Waals surface area contributed by atoms with E-state index in [1.165, 1.54) is 0 Å². The lowest BCUT2D eigenvalue weighted by molar-refractivity contribution is -0.148. The van der Waals surface area contributed by atoms with Gasteiger partial charge in [0.1, 0.15) is 6.61 Å². The molecule has 2 rings (SSSR count). The van der Waals surface area contributed by atoms with E-state index in [4.69, 9.17) is 9.47 Å². The smallest absolute Gasteiger partial charge is 0.308 e. The van der Waals surface area contributed by atoms with Crippen molar-refractivity contribution in [2.75, 3.05) is 6.61 Å². The molecule has 50 valence electrons. The van der Waals surface area contributed by atoms with Crippen molar-refractivity contribution >= 4 is 5.97 Å². The van der Waals surface area contributed by atoms with Crippen molar-refractivity contribution in [3.05, 3.63) is 0 Å². The number of epoxide rings is 1. The summed E-state index contributed by atoms with van der Waals surface area (Å²) in [6, 6.07) is 0. The largest absolute Gasteiger partial charge is 0.430 e. The molecule has 0 amide bonds. The molecule has 0 aliphatic carbocycles. The Balaban J connectivity index is 2.19. The Kier molecular flexibility index (Phi) is 0.750. The molecule has 2 aliphatic heterocycles. The Labute approximate surface area is 52.9 Å². The summed E-state index contributed by atoms with van der Waals surface area (Å²) in [5, 5.41) is 0. The summed E-state index contributed by atoms with van der Waals surface area (Å²) >= 11 is 0. The highest BCUT2D eigenvalue weighted by molar-refractivity contribution is 5.73. The molecule has 0 unspecified atom stereocenters. The van der Waals surface area contributed by atoms with Crippen molar-refractivity contribution in [1.82, 2.24) is 0 Å². The first-order valence-electron chi connectivity index (χ1n) is 3.09. The van der Waals surface area contributed by atoms with E-state index < -0.39 is 5.79 Å². The Morgan fingerprint density at radius 1 is 1.78 bits per heavy atom. The van der Waals surface area contributed by atoms with Crippen LogP contribution < -0.4 is 0 Å². The topological polar surface area (TPSA) is 38.8 Å². The van der Waals surface area contributed by atoms with Gasteiger partial charge in [-0.15, -0.1) is 0 Å². The van der Waals surface area contributed by atoms with E-state index in [-0.39, 0.29) is 11.9 Å². The minimum absolute atomic E-state index is 0.125. The van der Waals surface area contributed by atoms with E-state index in [0.717, 1.165) is 0 Å². The summed E-state index contributed by atoms with van der Waals surface area (Å²) in [5.74, 6) is -0.345. The Hall–Kier alpha value is -0.570. The van der Waals surface area contributed by atoms with E-state index in [1.807, 2.05) is 6.92 Å². The number of hydrogen-bond acceptors (Lipinski definition) is 3. The van der Waals surface area contributed by atoms with Gasteiger partial charge in [0.15, 0.2) is 0 Å². The van der Waals surface area contributed by atoms with E-state index in [2.05, 4.69) is 0 Å². The highest BCUT2D eigenvalue weighted by atomic mass is 16.8. The van der Waals surface area contributed by atoms with Crippen LogP contribution in [-0.2, 0) is 14.3 Å². The molecule has 9 heavy (non-hydrogen) atoms. The van der Waals surface area contributed by atoms with Crippen molar-refractivity contribution in [3.63, 3.8) is 0 Å². The predicted octanol–water partition coefficient (Wildman–Crippen LogP) is 0.296. The summed E-state index contributed by atoms with van der Waals surface area (Å²) in [5.41, 5.74) is 0. The summed E-state index contributed by atoms with van der Waals surface area (Å²) in [4.78, 5) is 10.6. The minimum atomic E-state index is -0.475. The third-order valence-electron chi connectivity index (χ3n) is 1.94. The van der Waals surface area contributed by atoms with Gasteiger partial charge in [0.05, 0.1) is 6.42 Å². The highest BCUT2D eigenvalue weighted by Crippen LogP contribution is 2.43. The van der Waals surface area contributed by atoms with Crippen LogP contribution in [0.2, 0.25) is 0 Å². The summed E-state index contributed by atoms with van der Waals surface area (Å²) < 4.78 is 9.91. The van der Waals surface area contributed by atoms with Crippen molar-refractivity contribution < 1.29 is 14.3 Å². The van der Waals surface area contributed by atoms with Crippen LogP contribution >= 0.6 is 0 Å². The molecule has 2 heterocycles. The van der Waals surface area contributed by atoms with Crippen molar-refractivity contribution in [3.8, 4) is 0 Å². The second-order valence-corrected chi connectivity index (χ2v) is 2.68. The van der Waals surface area contributed by atoms with E-state index in [9.17, 15) is 4.79 Å². The lowest BCUT2D eigenvalue weighted by Gasteiger charge is -2.04. The minimum Gasteiger partial charge on any atom is -0.430 e. The quantitative estimate of drug-likeness (QED) is 0.348. The van der Waals surface area contributed by atoms with Gasteiger partial charge >= 0.3 is 5.97 Å². The molecule has 2 saturated heterocycles. The monoisotopic (exact) mass is 128 g/mol. The fraction of sp³-hybridized carbons (Fsp3) is 0.833. The number of ether oxygens (including phenoxy) is 2. The normalized spacial score (nSPS) is 47.7. The number of hydrogen-bond donors (Lipinski definition) is 0. The van der Waals surface area contributed by atoms with Crippen LogP contribution in [0.3, 0.4) is 0 Å². The Morgan fingerprint density at radius 3 is 2.67 bits per heavy atom. The molecular weight excluding hydrogens is 120 g/mol. The standard InChI is InChI=1S/C6H8O3/c1-4-2-5(7)9-6(4)3-8-6/h4H,2-3H2,1H3/t4-,6+/m0/s1. The second kappa shape index (κ2) is 1.29. The average molecular weight is 128 g/mol. The number of carbonyl (C=O) groups is 1. The van der Waals surface area contributed by atoms with Crippen LogP contribution in [0, 0.1) is 5.92 Å². The van der Waals surface area contributed by atoms with E-state index in [1.54, 1.807) is 0 Å². The molecule has 0 aromatic rings. The summed E-state index contributed by atoms with van der Waals surface area (Å²) in [7, 11) is 0. The molecule has 2 fully saturated rings. The third-order valence-corrected chi connectivity index (χ3v) is 1.94. The van der Waals surface area contributed by atoms with Gasteiger partial charge in [-0.3, -0.25) is 4.79 Å². The zero-order valence-corrected chi connectivity index (χ0v) is 5.22. The predicted molar refractivity (Wildman–Crippen MR) is 28.6 cm³/mol. The molecule has 3 nitrogen and oxygen atoms in total. The molecule has 0 bridgehead atoms. The lowest BCUT2D eigenvalue weighted by Crippen LogP contribution is -2.16. The number of rotatable bonds is 0. The first-order chi connectivity index (χ1) is 4.23. The van der Waals surface area contributed by atoms with Gasteiger partial charge in [-0.2, -0.15) is 0 Å². The molecule has 0 saturated carbocycles. The van der Waals surface area contributed by atoms with Crippen LogP contribution in [-0.4, -0.2) is 18.4 Å². The summed E-state index contributed by atoms with van der Waals surface area (Å²) in [6.07, 6.45) is 0.514. The molecule has 2 atom stereocenters. The van der Waals surface area contributed by atoms with Gasteiger partial charge in [-0.25, -0.2) is 0 Å². The molecule has 3 heteroatoms. The van der Waals surface area contributed by atoms with Gasteiger partial charge in [0.2, 0.25) is 5.79 Å². The van der Waals surface area contributed by atoms with Gasteiger partial charge in [-0.1, -0.05) is 6.92 Å². The zero-order chi connectivity index (χ0) is 6.48. The Morgan fingerprint density at radius 2 is 2.44 bits per heavy atom. The molecule has 0 radical (unpaired) electrons. The first-order valence-corrected chi connectivity index (χ1v) is 3.09. The zero-order valence-electron chi connectivity index (χ0n) is 5.22.